The quantitative estimate of drug-likeness (QED) is 0.326. The summed E-state index contributed by atoms with van der Waals surface area (Å²) in [7, 11) is 3.35. The van der Waals surface area contributed by atoms with E-state index in [4.69, 9.17) is 9.47 Å². The van der Waals surface area contributed by atoms with Crippen molar-refractivity contribution >= 4 is 17.6 Å². The summed E-state index contributed by atoms with van der Waals surface area (Å²) in [4.78, 5) is 16.3. The monoisotopic (exact) mass is 398 g/mol. The number of aryl methyl sites for hydroxylation is 1. The van der Waals surface area contributed by atoms with Gasteiger partial charge in [-0.1, -0.05) is 30.3 Å². The number of ether oxygens (including phenoxy) is 2. The fraction of sp³-hybridized carbons (Fsp3) is 0.364. The first-order chi connectivity index (χ1) is 14.1. The first-order valence-electron chi connectivity index (χ1n) is 9.63. The summed E-state index contributed by atoms with van der Waals surface area (Å²) in [6.45, 7) is 3.94. The van der Waals surface area contributed by atoms with Crippen molar-refractivity contribution in [3.63, 3.8) is 0 Å². The van der Waals surface area contributed by atoms with E-state index < -0.39 is 0 Å². The number of nitrogens with one attached hydrogen (secondary N) is 3. The molecule has 7 nitrogen and oxygen atoms in total. The zero-order chi connectivity index (χ0) is 20.9. The lowest BCUT2D eigenvalue weighted by atomic mass is 10.1. The Hall–Kier alpha value is -3.06. The van der Waals surface area contributed by atoms with Crippen LogP contribution in [0.3, 0.4) is 0 Å². The predicted octanol–water partition coefficient (Wildman–Crippen LogP) is 2.71. The molecule has 0 saturated heterocycles. The number of aliphatic imine (C=N–C) groups is 1. The molecule has 0 bridgehead atoms. The molecule has 29 heavy (non-hydrogen) atoms. The molecule has 2 aromatic carbocycles. The first-order valence-corrected chi connectivity index (χ1v) is 9.63. The molecule has 1 amide bonds. The zero-order valence-electron chi connectivity index (χ0n) is 17.3. The van der Waals surface area contributed by atoms with Crippen molar-refractivity contribution in [2.45, 2.75) is 19.9 Å². The number of para-hydroxylation sites is 1. The van der Waals surface area contributed by atoms with Crippen LogP contribution in [0.1, 0.15) is 17.5 Å². The fourth-order valence-corrected chi connectivity index (χ4v) is 2.62. The number of hydrogen-bond acceptors (Lipinski definition) is 4. The van der Waals surface area contributed by atoms with E-state index in [9.17, 15) is 4.79 Å². The van der Waals surface area contributed by atoms with Gasteiger partial charge in [0.25, 0.3) is 0 Å². The maximum Gasteiger partial charge on any atom is 0.243 e. The molecule has 0 aromatic heterocycles. The zero-order valence-corrected chi connectivity index (χ0v) is 17.3. The van der Waals surface area contributed by atoms with E-state index in [-0.39, 0.29) is 12.5 Å². The van der Waals surface area contributed by atoms with Gasteiger partial charge in [-0.15, -0.1) is 0 Å². The van der Waals surface area contributed by atoms with E-state index in [1.807, 2.05) is 55.5 Å². The summed E-state index contributed by atoms with van der Waals surface area (Å²) in [6, 6.07) is 15.4. The lowest BCUT2D eigenvalue weighted by Crippen LogP contribution is -2.41. The van der Waals surface area contributed by atoms with E-state index in [2.05, 4.69) is 20.9 Å². The highest BCUT2D eigenvalue weighted by Gasteiger charge is 2.08. The molecule has 0 heterocycles. The molecule has 0 aliphatic heterocycles. The van der Waals surface area contributed by atoms with Crippen LogP contribution in [-0.2, 0) is 16.1 Å². The maximum absolute atomic E-state index is 12.1. The standard InChI is InChI=1S/C22H30N4O3/c1-17-10-11-18(20(14-17)29-13-7-12-28-3)15-24-22(23-2)25-16-21(27)26-19-8-5-4-6-9-19/h4-6,8-11,14H,7,12-13,15-16H2,1-3H3,(H,26,27)(H2,23,24,25). The van der Waals surface area contributed by atoms with Crippen LogP contribution in [0.5, 0.6) is 5.75 Å². The van der Waals surface area contributed by atoms with Gasteiger partial charge < -0.3 is 25.4 Å². The van der Waals surface area contributed by atoms with E-state index in [1.54, 1.807) is 14.2 Å². The Bertz CT molecular complexity index is 794. The normalized spacial score (nSPS) is 11.1. The van der Waals surface area contributed by atoms with E-state index in [0.29, 0.717) is 25.7 Å². The number of benzene rings is 2. The number of methoxy groups -OCH3 is 1. The van der Waals surface area contributed by atoms with Crippen molar-refractivity contribution in [3.8, 4) is 5.75 Å². The predicted molar refractivity (Wildman–Crippen MR) is 116 cm³/mol. The molecule has 0 spiro atoms. The average Bonchev–Trinajstić information content (AvgIpc) is 2.73. The van der Waals surface area contributed by atoms with Gasteiger partial charge in [-0.05, 0) is 30.7 Å². The van der Waals surface area contributed by atoms with Crippen molar-refractivity contribution in [1.29, 1.82) is 0 Å². The molecule has 0 saturated carbocycles. The van der Waals surface area contributed by atoms with Crippen LogP contribution in [0.15, 0.2) is 53.5 Å². The number of carbonyl (C=O) groups is 1. The van der Waals surface area contributed by atoms with Gasteiger partial charge >= 0.3 is 0 Å². The van der Waals surface area contributed by atoms with Crippen molar-refractivity contribution in [3.05, 3.63) is 59.7 Å². The molecule has 0 atom stereocenters. The third kappa shape index (κ3) is 8.23. The molecule has 7 heteroatoms. The summed E-state index contributed by atoms with van der Waals surface area (Å²) >= 11 is 0. The van der Waals surface area contributed by atoms with E-state index in [0.717, 1.165) is 29.0 Å². The molecular weight excluding hydrogens is 368 g/mol. The highest BCUT2D eigenvalue weighted by atomic mass is 16.5. The van der Waals surface area contributed by atoms with E-state index in [1.165, 1.54) is 0 Å². The second-order valence-corrected chi connectivity index (χ2v) is 6.50. The minimum Gasteiger partial charge on any atom is -0.493 e. The molecule has 2 aromatic rings. The smallest absolute Gasteiger partial charge is 0.243 e. The summed E-state index contributed by atoms with van der Waals surface area (Å²) in [5.74, 6) is 1.24. The van der Waals surface area contributed by atoms with Gasteiger partial charge in [0.2, 0.25) is 5.91 Å². The Morgan fingerprint density at radius 3 is 2.59 bits per heavy atom. The number of rotatable bonds is 10. The molecular formula is C22H30N4O3. The molecule has 0 aliphatic carbocycles. The Morgan fingerprint density at radius 1 is 1.07 bits per heavy atom. The van der Waals surface area contributed by atoms with Crippen molar-refractivity contribution in [1.82, 2.24) is 10.6 Å². The Labute approximate surface area is 172 Å². The van der Waals surface area contributed by atoms with Crippen molar-refractivity contribution in [2.75, 3.05) is 39.2 Å². The van der Waals surface area contributed by atoms with Crippen LogP contribution >= 0.6 is 0 Å². The van der Waals surface area contributed by atoms with Gasteiger partial charge in [-0.2, -0.15) is 0 Å². The topological polar surface area (TPSA) is 84.0 Å². The summed E-state index contributed by atoms with van der Waals surface area (Å²) in [6.07, 6.45) is 0.830. The van der Waals surface area contributed by atoms with Gasteiger partial charge in [-0.3, -0.25) is 9.79 Å². The minimum atomic E-state index is -0.142. The molecule has 3 N–H and O–H groups in total. The first kappa shape index (κ1) is 22.2. The Morgan fingerprint density at radius 2 is 1.86 bits per heavy atom. The lowest BCUT2D eigenvalue weighted by molar-refractivity contribution is -0.115. The summed E-state index contributed by atoms with van der Waals surface area (Å²) < 4.78 is 11.0. The third-order valence-electron chi connectivity index (χ3n) is 4.12. The van der Waals surface area contributed by atoms with Gasteiger partial charge in [0.15, 0.2) is 5.96 Å². The highest BCUT2D eigenvalue weighted by molar-refractivity contribution is 5.94. The molecule has 2 rings (SSSR count). The molecule has 156 valence electrons. The van der Waals surface area contributed by atoms with E-state index >= 15 is 0 Å². The van der Waals surface area contributed by atoms with Crippen LogP contribution in [0.4, 0.5) is 5.69 Å². The Kier molecular flexibility index (Phi) is 9.51. The third-order valence-corrected chi connectivity index (χ3v) is 4.12. The molecule has 0 fully saturated rings. The number of hydrogen-bond donors (Lipinski definition) is 3. The van der Waals surface area contributed by atoms with Crippen LogP contribution in [-0.4, -0.2) is 45.8 Å². The summed E-state index contributed by atoms with van der Waals surface area (Å²) in [5, 5.41) is 9.07. The number of amides is 1. The maximum atomic E-state index is 12.1. The fourth-order valence-electron chi connectivity index (χ4n) is 2.62. The Balaban J connectivity index is 1.84. The summed E-state index contributed by atoms with van der Waals surface area (Å²) in [5.41, 5.74) is 2.91. The number of anilines is 1. The molecule has 0 unspecified atom stereocenters. The second kappa shape index (κ2) is 12.4. The number of carbonyl (C=O) groups excluding carboxylic acids is 1. The minimum absolute atomic E-state index is 0.114. The van der Waals surface area contributed by atoms with Gasteiger partial charge in [0, 0.05) is 45.0 Å². The second-order valence-electron chi connectivity index (χ2n) is 6.50. The van der Waals surface area contributed by atoms with Crippen LogP contribution in [0.2, 0.25) is 0 Å². The highest BCUT2D eigenvalue weighted by Crippen LogP contribution is 2.20. The lowest BCUT2D eigenvalue weighted by Gasteiger charge is -2.15. The van der Waals surface area contributed by atoms with Crippen LogP contribution in [0, 0.1) is 6.92 Å². The van der Waals surface area contributed by atoms with Crippen molar-refractivity contribution in [2.24, 2.45) is 4.99 Å². The largest absolute Gasteiger partial charge is 0.493 e. The van der Waals surface area contributed by atoms with Crippen molar-refractivity contribution < 1.29 is 14.3 Å². The van der Waals surface area contributed by atoms with Crippen LogP contribution in [0.25, 0.3) is 0 Å². The molecule has 0 radical (unpaired) electrons. The van der Waals surface area contributed by atoms with Gasteiger partial charge in [-0.25, -0.2) is 0 Å². The van der Waals surface area contributed by atoms with Gasteiger partial charge in [0.1, 0.15) is 5.75 Å². The number of nitrogens with zero attached hydrogens (tertiary/aromatic N) is 1. The molecule has 0 aliphatic rings. The van der Waals surface area contributed by atoms with Crippen LogP contribution < -0.4 is 20.7 Å². The average molecular weight is 399 g/mol. The SMILES string of the molecule is CN=C(NCC(=O)Nc1ccccc1)NCc1ccc(C)cc1OCCCOC. The number of guanidine groups is 1. The van der Waals surface area contributed by atoms with Gasteiger partial charge in [0.05, 0.1) is 13.2 Å².